The van der Waals surface area contributed by atoms with Crippen molar-refractivity contribution in [3.05, 3.63) is 35.7 Å². The summed E-state index contributed by atoms with van der Waals surface area (Å²) in [7, 11) is -3.50. The van der Waals surface area contributed by atoms with Crippen molar-refractivity contribution in [1.82, 2.24) is 15.1 Å². The van der Waals surface area contributed by atoms with Gasteiger partial charge in [-0.3, -0.25) is 4.79 Å². The highest BCUT2D eigenvalue weighted by Crippen LogP contribution is 2.28. The minimum atomic E-state index is -3.50. The Balaban J connectivity index is 1.54. The van der Waals surface area contributed by atoms with Crippen LogP contribution in [0.15, 0.2) is 33.9 Å². The molecule has 0 saturated carbocycles. The van der Waals surface area contributed by atoms with Crippen molar-refractivity contribution in [1.29, 1.82) is 0 Å². The molecule has 2 aromatic rings. The number of carbonyl (C=O) groups excluding carboxylic acids is 1. The summed E-state index contributed by atoms with van der Waals surface area (Å²) in [5, 5.41) is 7.10. The van der Waals surface area contributed by atoms with Crippen molar-refractivity contribution in [2.75, 3.05) is 26.0 Å². The zero-order valence-corrected chi connectivity index (χ0v) is 16.2. The smallest absolute Gasteiger partial charge is 0.335 e. The molecule has 0 aliphatic carbocycles. The predicted octanol–water partition coefficient (Wildman–Crippen LogP) is 1.82. The van der Waals surface area contributed by atoms with Gasteiger partial charge in [-0.1, -0.05) is 17.2 Å². The Morgan fingerprint density at radius 3 is 2.44 bits per heavy atom. The van der Waals surface area contributed by atoms with E-state index in [-0.39, 0.29) is 17.0 Å². The van der Waals surface area contributed by atoms with Crippen LogP contribution in [0.1, 0.15) is 37.1 Å². The predicted molar refractivity (Wildman–Crippen MR) is 97.3 cm³/mol. The van der Waals surface area contributed by atoms with Crippen LogP contribution in [-0.2, 0) is 21.1 Å². The molecule has 0 radical (unpaired) electrons. The van der Waals surface area contributed by atoms with Gasteiger partial charge in [0.1, 0.15) is 5.75 Å². The first kappa shape index (κ1) is 19.3. The molecular formula is C18H23N3O5S. The first-order valence-corrected chi connectivity index (χ1v) is 10.8. The van der Waals surface area contributed by atoms with E-state index >= 15 is 0 Å². The van der Waals surface area contributed by atoms with Crippen LogP contribution in [0.4, 0.5) is 0 Å². The van der Waals surface area contributed by atoms with E-state index in [0.717, 1.165) is 17.6 Å². The van der Waals surface area contributed by atoms with Gasteiger partial charge in [0.2, 0.25) is 21.6 Å². The summed E-state index contributed by atoms with van der Waals surface area (Å²) >= 11 is 0. The number of benzene rings is 1. The monoisotopic (exact) mass is 393 g/mol. The van der Waals surface area contributed by atoms with Crippen LogP contribution < -0.4 is 4.74 Å². The third-order valence-electron chi connectivity index (χ3n) is 4.53. The molecule has 0 atom stereocenters. The molecule has 0 N–H and O–H groups in total. The second kappa shape index (κ2) is 8.08. The Labute approximate surface area is 158 Å². The zero-order chi connectivity index (χ0) is 19.4. The Morgan fingerprint density at radius 2 is 1.89 bits per heavy atom. The Morgan fingerprint density at radius 1 is 1.22 bits per heavy atom. The number of piperidine rings is 1. The summed E-state index contributed by atoms with van der Waals surface area (Å²) in [6, 6.07) is 7.54. The third kappa shape index (κ3) is 4.85. The molecule has 9 heteroatoms. The summed E-state index contributed by atoms with van der Waals surface area (Å²) in [5.41, 5.74) is 0.945. The lowest BCUT2D eigenvalue weighted by Crippen LogP contribution is -2.38. The molecule has 1 aliphatic rings. The number of amides is 1. The minimum absolute atomic E-state index is 0.0254. The molecule has 1 fully saturated rings. The summed E-state index contributed by atoms with van der Waals surface area (Å²) in [6.07, 6.45) is 2.71. The summed E-state index contributed by atoms with van der Waals surface area (Å²) in [6.45, 7) is 3.70. The van der Waals surface area contributed by atoms with Crippen molar-refractivity contribution in [3.63, 3.8) is 0 Å². The Kier molecular flexibility index (Phi) is 5.79. The molecule has 8 nitrogen and oxygen atoms in total. The number of sulfone groups is 1. The Hall–Kier alpha value is -2.42. The number of rotatable bonds is 6. The topological polar surface area (TPSA) is 103 Å². The molecule has 1 aliphatic heterocycles. The average molecular weight is 393 g/mol. The van der Waals surface area contributed by atoms with E-state index in [1.807, 2.05) is 36.1 Å². The van der Waals surface area contributed by atoms with Crippen LogP contribution in [0.25, 0.3) is 0 Å². The van der Waals surface area contributed by atoms with Gasteiger partial charge < -0.3 is 14.1 Å². The molecule has 146 valence electrons. The number of nitrogens with zero attached hydrogens (tertiary/aromatic N) is 3. The van der Waals surface area contributed by atoms with Crippen molar-refractivity contribution in [2.45, 2.75) is 37.3 Å². The molecule has 0 bridgehead atoms. The SMILES string of the molecule is CCOc1ccc(CC(=O)N2CCC(c3nnc(S(C)(=O)=O)o3)CC2)cc1. The van der Waals surface area contributed by atoms with E-state index in [4.69, 9.17) is 9.15 Å². The number of carbonyl (C=O) groups is 1. The summed E-state index contributed by atoms with van der Waals surface area (Å²) < 4.78 is 33.6. The lowest BCUT2D eigenvalue weighted by molar-refractivity contribution is -0.131. The van der Waals surface area contributed by atoms with Crippen molar-refractivity contribution in [2.24, 2.45) is 0 Å². The van der Waals surface area contributed by atoms with Gasteiger partial charge >= 0.3 is 5.22 Å². The number of aromatic nitrogens is 2. The van der Waals surface area contributed by atoms with Crippen LogP contribution in [0.5, 0.6) is 5.75 Å². The third-order valence-corrected chi connectivity index (χ3v) is 5.33. The second-order valence-corrected chi connectivity index (χ2v) is 8.48. The molecule has 1 saturated heterocycles. The van der Waals surface area contributed by atoms with Gasteiger partial charge in [0.15, 0.2) is 0 Å². The van der Waals surface area contributed by atoms with E-state index in [1.165, 1.54) is 0 Å². The zero-order valence-electron chi connectivity index (χ0n) is 15.4. The molecule has 1 amide bonds. The summed E-state index contributed by atoms with van der Waals surface area (Å²) in [4.78, 5) is 14.3. The van der Waals surface area contributed by atoms with E-state index in [0.29, 0.717) is 44.8 Å². The van der Waals surface area contributed by atoms with Crippen molar-refractivity contribution >= 4 is 15.7 Å². The van der Waals surface area contributed by atoms with Gasteiger partial charge in [0.05, 0.1) is 13.0 Å². The lowest BCUT2D eigenvalue weighted by Gasteiger charge is -2.30. The maximum atomic E-state index is 12.5. The molecule has 27 heavy (non-hydrogen) atoms. The number of hydrogen-bond acceptors (Lipinski definition) is 7. The van der Waals surface area contributed by atoms with Gasteiger partial charge in [-0.05, 0) is 37.5 Å². The largest absolute Gasteiger partial charge is 0.494 e. The van der Waals surface area contributed by atoms with Crippen LogP contribution >= 0.6 is 0 Å². The molecule has 0 unspecified atom stereocenters. The standard InChI is InChI=1S/C18H23N3O5S/c1-3-25-15-6-4-13(5-7-15)12-16(22)21-10-8-14(9-11-21)17-19-20-18(26-17)27(2,23)24/h4-7,14H,3,8-12H2,1-2H3. The highest BCUT2D eigenvalue weighted by atomic mass is 32.2. The normalized spacial score (nSPS) is 15.7. The molecule has 3 rings (SSSR count). The molecule has 1 aromatic carbocycles. The molecule has 1 aromatic heterocycles. The number of ether oxygens (including phenoxy) is 1. The second-order valence-electron chi connectivity index (χ2n) is 6.59. The first-order chi connectivity index (χ1) is 12.9. The lowest BCUT2D eigenvalue weighted by atomic mass is 9.96. The molecule has 0 spiro atoms. The molecular weight excluding hydrogens is 370 g/mol. The maximum absolute atomic E-state index is 12.5. The van der Waals surface area contributed by atoms with Crippen molar-refractivity contribution in [3.8, 4) is 5.75 Å². The van der Waals surface area contributed by atoms with E-state index < -0.39 is 9.84 Å². The van der Waals surface area contributed by atoms with Gasteiger partial charge in [0, 0.05) is 25.3 Å². The summed E-state index contributed by atoms with van der Waals surface area (Å²) in [5.74, 6) is 1.17. The average Bonchev–Trinajstić information content (AvgIpc) is 3.14. The van der Waals surface area contributed by atoms with E-state index in [9.17, 15) is 13.2 Å². The fourth-order valence-corrected chi connectivity index (χ4v) is 3.49. The van der Waals surface area contributed by atoms with Crippen LogP contribution in [0.2, 0.25) is 0 Å². The maximum Gasteiger partial charge on any atom is 0.335 e. The van der Waals surface area contributed by atoms with Gasteiger partial charge in [-0.2, -0.15) is 0 Å². The van der Waals surface area contributed by atoms with Crippen molar-refractivity contribution < 1.29 is 22.4 Å². The van der Waals surface area contributed by atoms with Crippen LogP contribution in [-0.4, -0.2) is 55.4 Å². The van der Waals surface area contributed by atoms with Gasteiger partial charge in [-0.25, -0.2) is 8.42 Å². The fourth-order valence-electron chi connectivity index (χ4n) is 3.07. The first-order valence-electron chi connectivity index (χ1n) is 8.89. The van der Waals surface area contributed by atoms with E-state index in [2.05, 4.69) is 10.2 Å². The van der Waals surface area contributed by atoms with Crippen LogP contribution in [0.3, 0.4) is 0 Å². The van der Waals surface area contributed by atoms with E-state index in [1.54, 1.807) is 0 Å². The highest BCUT2D eigenvalue weighted by molar-refractivity contribution is 7.90. The molecule has 2 heterocycles. The minimum Gasteiger partial charge on any atom is -0.494 e. The fraction of sp³-hybridized carbons (Fsp3) is 0.500. The van der Waals surface area contributed by atoms with Gasteiger partial charge in [0.25, 0.3) is 0 Å². The van der Waals surface area contributed by atoms with Crippen LogP contribution in [0, 0.1) is 0 Å². The number of hydrogen-bond donors (Lipinski definition) is 0. The highest BCUT2D eigenvalue weighted by Gasteiger charge is 2.28. The van der Waals surface area contributed by atoms with Gasteiger partial charge in [-0.15, -0.1) is 5.10 Å². The number of likely N-dealkylation sites (tertiary alicyclic amines) is 1. The Bertz CT molecular complexity index is 884. The quantitative estimate of drug-likeness (QED) is 0.737.